The summed E-state index contributed by atoms with van der Waals surface area (Å²) in [6, 6.07) is 2.11. The number of rotatable bonds is 7. The molecule has 2 N–H and O–H groups in total. The molecular formula is C11H19NO2S. The van der Waals surface area contributed by atoms with Crippen molar-refractivity contribution in [2.24, 2.45) is 0 Å². The Kier molecular flexibility index (Phi) is 5.86. The quantitative estimate of drug-likeness (QED) is 0.739. The summed E-state index contributed by atoms with van der Waals surface area (Å²) in [7, 11) is 0. The second-order valence-corrected chi connectivity index (χ2v) is 4.60. The Morgan fingerprint density at radius 2 is 2.07 bits per heavy atom. The van der Waals surface area contributed by atoms with Crippen LogP contribution in [0.15, 0.2) is 11.4 Å². The van der Waals surface area contributed by atoms with Crippen LogP contribution < -0.4 is 0 Å². The van der Waals surface area contributed by atoms with Crippen LogP contribution in [0, 0.1) is 6.92 Å². The van der Waals surface area contributed by atoms with Gasteiger partial charge in [-0.1, -0.05) is 0 Å². The minimum absolute atomic E-state index is 0.176. The van der Waals surface area contributed by atoms with Crippen LogP contribution in [0.4, 0.5) is 0 Å². The van der Waals surface area contributed by atoms with Gasteiger partial charge in [-0.25, -0.2) is 0 Å². The average Bonchev–Trinajstić information content (AvgIpc) is 2.61. The molecule has 1 aromatic heterocycles. The van der Waals surface area contributed by atoms with Crippen LogP contribution >= 0.6 is 11.3 Å². The SMILES string of the molecule is Cc1ccsc1CN(CCO)CCCO. The van der Waals surface area contributed by atoms with Crippen LogP contribution in [0.5, 0.6) is 0 Å². The average molecular weight is 229 g/mol. The lowest BCUT2D eigenvalue weighted by molar-refractivity contribution is 0.175. The summed E-state index contributed by atoms with van der Waals surface area (Å²) >= 11 is 1.75. The summed E-state index contributed by atoms with van der Waals surface area (Å²) < 4.78 is 0. The predicted molar refractivity (Wildman–Crippen MR) is 63.1 cm³/mol. The fourth-order valence-corrected chi connectivity index (χ4v) is 2.42. The summed E-state index contributed by atoms with van der Waals surface area (Å²) in [5.74, 6) is 0. The van der Waals surface area contributed by atoms with Crippen molar-refractivity contribution in [3.05, 3.63) is 21.9 Å². The largest absolute Gasteiger partial charge is 0.396 e. The van der Waals surface area contributed by atoms with Crippen molar-refractivity contribution >= 4 is 11.3 Å². The lowest BCUT2D eigenvalue weighted by Crippen LogP contribution is -2.28. The summed E-state index contributed by atoms with van der Waals surface area (Å²) in [5, 5.41) is 19.8. The van der Waals surface area contributed by atoms with Gasteiger partial charge in [0, 0.05) is 31.1 Å². The van der Waals surface area contributed by atoms with E-state index in [9.17, 15) is 0 Å². The molecule has 0 bridgehead atoms. The molecule has 0 aliphatic heterocycles. The van der Waals surface area contributed by atoms with Gasteiger partial charge in [0.05, 0.1) is 6.61 Å². The monoisotopic (exact) mass is 229 g/mol. The predicted octanol–water partition coefficient (Wildman–Crippen LogP) is 1.23. The Morgan fingerprint density at radius 3 is 2.60 bits per heavy atom. The van der Waals surface area contributed by atoms with Gasteiger partial charge in [-0.05, 0) is 30.4 Å². The molecule has 0 amide bonds. The highest BCUT2D eigenvalue weighted by molar-refractivity contribution is 7.10. The molecule has 0 aliphatic rings. The van der Waals surface area contributed by atoms with Crippen LogP contribution in [0.3, 0.4) is 0 Å². The topological polar surface area (TPSA) is 43.7 Å². The second kappa shape index (κ2) is 6.95. The summed E-state index contributed by atoms with van der Waals surface area (Å²) in [4.78, 5) is 3.52. The first kappa shape index (κ1) is 12.6. The van der Waals surface area contributed by atoms with E-state index in [0.717, 1.165) is 19.5 Å². The van der Waals surface area contributed by atoms with Crippen LogP contribution in [0.2, 0.25) is 0 Å². The van der Waals surface area contributed by atoms with E-state index in [1.807, 2.05) is 0 Å². The minimum Gasteiger partial charge on any atom is -0.396 e. The molecule has 4 heteroatoms. The number of hydrogen-bond acceptors (Lipinski definition) is 4. The van der Waals surface area contributed by atoms with Gasteiger partial charge >= 0.3 is 0 Å². The van der Waals surface area contributed by atoms with Crippen LogP contribution in [0.25, 0.3) is 0 Å². The van der Waals surface area contributed by atoms with Crippen LogP contribution in [-0.4, -0.2) is 41.4 Å². The van der Waals surface area contributed by atoms with E-state index in [-0.39, 0.29) is 13.2 Å². The molecule has 0 unspecified atom stereocenters. The van der Waals surface area contributed by atoms with E-state index >= 15 is 0 Å². The van der Waals surface area contributed by atoms with E-state index in [2.05, 4.69) is 23.3 Å². The number of aliphatic hydroxyl groups is 2. The number of thiophene rings is 1. The van der Waals surface area contributed by atoms with Crippen molar-refractivity contribution in [3.8, 4) is 0 Å². The fourth-order valence-electron chi connectivity index (χ4n) is 1.47. The van der Waals surface area contributed by atoms with Gasteiger partial charge in [0.2, 0.25) is 0 Å². The Balaban J connectivity index is 2.46. The molecule has 1 rings (SSSR count). The molecule has 0 aromatic carbocycles. The van der Waals surface area contributed by atoms with Crippen LogP contribution in [0.1, 0.15) is 16.9 Å². The first-order valence-electron chi connectivity index (χ1n) is 5.25. The Labute approximate surface area is 95.0 Å². The van der Waals surface area contributed by atoms with E-state index in [4.69, 9.17) is 10.2 Å². The third kappa shape index (κ3) is 4.30. The zero-order valence-corrected chi connectivity index (χ0v) is 9.96. The maximum absolute atomic E-state index is 8.93. The minimum atomic E-state index is 0.176. The molecule has 3 nitrogen and oxygen atoms in total. The molecule has 0 radical (unpaired) electrons. The molecular weight excluding hydrogens is 210 g/mol. The highest BCUT2D eigenvalue weighted by Crippen LogP contribution is 2.17. The van der Waals surface area contributed by atoms with Crippen molar-refractivity contribution in [2.45, 2.75) is 19.9 Å². The number of nitrogens with zero attached hydrogens (tertiary/aromatic N) is 1. The zero-order valence-electron chi connectivity index (χ0n) is 9.15. The zero-order chi connectivity index (χ0) is 11.1. The van der Waals surface area contributed by atoms with Crippen molar-refractivity contribution in [3.63, 3.8) is 0 Å². The van der Waals surface area contributed by atoms with Gasteiger partial charge in [-0.3, -0.25) is 4.90 Å². The maximum atomic E-state index is 8.93. The molecule has 15 heavy (non-hydrogen) atoms. The molecule has 0 aliphatic carbocycles. The first-order chi connectivity index (χ1) is 7.27. The van der Waals surface area contributed by atoms with Gasteiger partial charge in [0.25, 0.3) is 0 Å². The van der Waals surface area contributed by atoms with Crippen molar-refractivity contribution in [2.75, 3.05) is 26.3 Å². The normalized spacial score (nSPS) is 11.2. The van der Waals surface area contributed by atoms with Gasteiger partial charge in [-0.2, -0.15) is 0 Å². The number of aliphatic hydroxyl groups excluding tert-OH is 2. The maximum Gasteiger partial charge on any atom is 0.0558 e. The van der Waals surface area contributed by atoms with Crippen molar-refractivity contribution < 1.29 is 10.2 Å². The Hall–Kier alpha value is -0.420. The summed E-state index contributed by atoms with van der Waals surface area (Å²) in [6.07, 6.45) is 0.768. The Bertz CT molecular complexity index is 275. The molecule has 86 valence electrons. The van der Waals surface area contributed by atoms with E-state index < -0.39 is 0 Å². The second-order valence-electron chi connectivity index (χ2n) is 3.60. The summed E-state index contributed by atoms with van der Waals surface area (Å²) in [5.41, 5.74) is 1.31. The lowest BCUT2D eigenvalue weighted by atomic mass is 10.2. The third-order valence-corrected chi connectivity index (χ3v) is 3.39. The highest BCUT2D eigenvalue weighted by Gasteiger charge is 2.07. The molecule has 0 fully saturated rings. The number of hydrogen-bond donors (Lipinski definition) is 2. The molecule has 1 aromatic rings. The van der Waals surface area contributed by atoms with E-state index in [1.165, 1.54) is 10.4 Å². The standard InChI is InChI=1S/C11H19NO2S/c1-10-3-8-15-11(10)9-12(5-7-14)4-2-6-13/h3,8,13-14H,2,4-7,9H2,1H3. The first-order valence-corrected chi connectivity index (χ1v) is 6.13. The van der Waals surface area contributed by atoms with Gasteiger partial charge < -0.3 is 10.2 Å². The highest BCUT2D eigenvalue weighted by atomic mass is 32.1. The smallest absolute Gasteiger partial charge is 0.0558 e. The van der Waals surface area contributed by atoms with E-state index in [1.54, 1.807) is 11.3 Å². The van der Waals surface area contributed by atoms with Crippen molar-refractivity contribution in [1.29, 1.82) is 0 Å². The van der Waals surface area contributed by atoms with Crippen LogP contribution in [-0.2, 0) is 6.54 Å². The third-order valence-electron chi connectivity index (χ3n) is 2.38. The van der Waals surface area contributed by atoms with Gasteiger partial charge in [-0.15, -0.1) is 11.3 Å². The molecule has 0 saturated heterocycles. The molecule has 0 spiro atoms. The lowest BCUT2D eigenvalue weighted by Gasteiger charge is -2.20. The molecule has 0 atom stereocenters. The van der Waals surface area contributed by atoms with Crippen molar-refractivity contribution in [1.82, 2.24) is 4.90 Å². The number of aryl methyl sites for hydroxylation is 1. The van der Waals surface area contributed by atoms with Gasteiger partial charge in [0.15, 0.2) is 0 Å². The summed E-state index contributed by atoms with van der Waals surface area (Å²) in [6.45, 7) is 4.89. The van der Waals surface area contributed by atoms with Gasteiger partial charge in [0.1, 0.15) is 0 Å². The van der Waals surface area contributed by atoms with E-state index in [0.29, 0.717) is 6.54 Å². The fraction of sp³-hybridized carbons (Fsp3) is 0.636. The Morgan fingerprint density at radius 1 is 1.27 bits per heavy atom. The molecule has 0 saturated carbocycles. The molecule has 1 heterocycles.